The molecule has 2 saturated carbocycles. The number of esters is 1. The van der Waals surface area contributed by atoms with Gasteiger partial charge >= 0.3 is 5.97 Å². The zero-order valence-electron chi connectivity index (χ0n) is 7.08. The number of fused-ring (bicyclic) bond motifs is 2. The van der Waals surface area contributed by atoms with Crippen LogP contribution in [0.5, 0.6) is 0 Å². The van der Waals surface area contributed by atoms with E-state index in [-0.39, 0.29) is 23.9 Å². The Morgan fingerprint density at radius 3 is 2.67 bits per heavy atom. The lowest BCUT2D eigenvalue weighted by Crippen LogP contribution is -2.23. The zero-order valence-corrected chi connectivity index (χ0v) is 7.08. The first kappa shape index (κ1) is 7.77. The van der Waals surface area contributed by atoms with Crippen LogP contribution >= 0.6 is 0 Å². The second kappa shape index (κ2) is 2.57. The van der Waals surface area contributed by atoms with Gasteiger partial charge in [-0.2, -0.15) is 0 Å². The van der Waals surface area contributed by atoms with E-state index in [0.29, 0.717) is 5.78 Å². The third-order valence-electron chi connectivity index (χ3n) is 2.88. The average molecular weight is 168 g/mol. The summed E-state index contributed by atoms with van der Waals surface area (Å²) in [6.45, 7) is 1.40. The molecule has 3 heteroatoms. The largest absolute Gasteiger partial charge is 0.462 e. The molecule has 0 N–H and O–H groups in total. The molecule has 0 spiro atoms. The molecule has 3 atom stereocenters. The van der Waals surface area contributed by atoms with Crippen LogP contribution in [-0.4, -0.2) is 17.9 Å². The van der Waals surface area contributed by atoms with Crippen molar-refractivity contribution < 1.29 is 14.3 Å². The van der Waals surface area contributed by atoms with Crippen molar-refractivity contribution in [1.82, 2.24) is 0 Å². The summed E-state index contributed by atoms with van der Waals surface area (Å²) in [6.07, 6.45) is 2.58. The van der Waals surface area contributed by atoms with Crippen molar-refractivity contribution in [2.24, 2.45) is 11.8 Å². The molecule has 0 aromatic carbocycles. The molecule has 2 aliphatic rings. The summed E-state index contributed by atoms with van der Waals surface area (Å²) in [7, 11) is 0. The van der Waals surface area contributed by atoms with Gasteiger partial charge in [-0.3, -0.25) is 9.59 Å². The molecule has 66 valence electrons. The highest BCUT2D eigenvalue weighted by Gasteiger charge is 2.48. The maximum absolute atomic E-state index is 11.4. The van der Waals surface area contributed by atoms with Crippen LogP contribution in [0.2, 0.25) is 0 Å². The molecule has 3 nitrogen and oxygen atoms in total. The first-order chi connectivity index (χ1) is 5.68. The molecular formula is C9H12O3. The topological polar surface area (TPSA) is 43.4 Å². The van der Waals surface area contributed by atoms with Gasteiger partial charge in [0, 0.05) is 12.8 Å². The molecule has 2 rings (SSSR count). The van der Waals surface area contributed by atoms with Gasteiger partial charge in [0.05, 0.1) is 5.92 Å². The summed E-state index contributed by atoms with van der Waals surface area (Å²) in [4.78, 5) is 22.0. The number of carbonyl (C=O) groups excluding carboxylic acids is 2. The highest BCUT2D eigenvalue weighted by molar-refractivity contribution is 5.88. The van der Waals surface area contributed by atoms with Crippen molar-refractivity contribution in [2.75, 3.05) is 0 Å². The van der Waals surface area contributed by atoms with Crippen molar-refractivity contribution in [3.05, 3.63) is 0 Å². The van der Waals surface area contributed by atoms with Gasteiger partial charge < -0.3 is 4.74 Å². The lowest BCUT2D eigenvalue weighted by atomic mass is 9.98. The van der Waals surface area contributed by atoms with E-state index in [2.05, 4.69) is 0 Å². The molecule has 0 heterocycles. The number of rotatable bonds is 1. The lowest BCUT2D eigenvalue weighted by Gasteiger charge is -2.19. The van der Waals surface area contributed by atoms with Gasteiger partial charge in [-0.05, 0) is 19.3 Å². The smallest absolute Gasteiger partial charge is 0.302 e. The Morgan fingerprint density at radius 1 is 1.50 bits per heavy atom. The quantitative estimate of drug-likeness (QED) is 0.547. The van der Waals surface area contributed by atoms with Crippen molar-refractivity contribution in [2.45, 2.75) is 32.3 Å². The van der Waals surface area contributed by atoms with Gasteiger partial charge in [0.1, 0.15) is 11.9 Å². The van der Waals surface area contributed by atoms with Crippen LogP contribution in [-0.2, 0) is 14.3 Å². The standard InChI is InChI=1S/C9H12O3/c1-5(10)12-8-4-6-2-3-7(8)9(6)11/h6-8H,2-4H2,1H3/t6-,7-,8-/m1/s1. The Labute approximate surface area is 71.1 Å². The number of hydrogen-bond acceptors (Lipinski definition) is 3. The Hall–Kier alpha value is -0.860. The van der Waals surface area contributed by atoms with E-state index in [1.165, 1.54) is 6.92 Å². The van der Waals surface area contributed by atoms with Crippen molar-refractivity contribution in [1.29, 1.82) is 0 Å². The maximum Gasteiger partial charge on any atom is 0.302 e. The van der Waals surface area contributed by atoms with Crippen LogP contribution in [0.25, 0.3) is 0 Å². The first-order valence-corrected chi connectivity index (χ1v) is 4.39. The molecule has 0 aliphatic heterocycles. The van der Waals surface area contributed by atoms with Crippen molar-refractivity contribution in [3.63, 3.8) is 0 Å². The van der Waals surface area contributed by atoms with Gasteiger partial charge in [-0.25, -0.2) is 0 Å². The fraction of sp³-hybridized carbons (Fsp3) is 0.778. The highest BCUT2D eigenvalue weighted by atomic mass is 16.5. The minimum atomic E-state index is -0.264. The average Bonchev–Trinajstić information content (AvgIpc) is 2.44. The molecule has 12 heavy (non-hydrogen) atoms. The highest BCUT2D eigenvalue weighted by Crippen LogP contribution is 2.42. The summed E-state index contributed by atoms with van der Waals surface area (Å²) in [5.74, 6) is 0.278. The number of ether oxygens (including phenoxy) is 1. The second-order valence-electron chi connectivity index (χ2n) is 3.67. The Bertz CT molecular complexity index is 234. The summed E-state index contributed by atoms with van der Waals surface area (Å²) >= 11 is 0. The van der Waals surface area contributed by atoms with E-state index in [0.717, 1.165) is 19.3 Å². The summed E-state index contributed by atoms with van der Waals surface area (Å²) in [5.41, 5.74) is 0. The van der Waals surface area contributed by atoms with Gasteiger partial charge in [-0.15, -0.1) is 0 Å². The zero-order chi connectivity index (χ0) is 8.72. The third-order valence-corrected chi connectivity index (χ3v) is 2.88. The molecule has 0 aromatic rings. The number of hydrogen-bond donors (Lipinski definition) is 0. The number of Topliss-reactive ketones (excluding diaryl/α,β-unsaturated/α-hetero) is 1. The lowest BCUT2D eigenvalue weighted by molar-refractivity contribution is -0.149. The third kappa shape index (κ3) is 1.04. The molecule has 0 saturated heterocycles. The van der Waals surface area contributed by atoms with E-state index >= 15 is 0 Å². The Morgan fingerprint density at radius 2 is 2.25 bits per heavy atom. The number of carbonyl (C=O) groups is 2. The second-order valence-corrected chi connectivity index (χ2v) is 3.67. The van der Waals surface area contributed by atoms with Gasteiger partial charge in [0.15, 0.2) is 0 Å². The molecule has 2 aliphatic carbocycles. The minimum Gasteiger partial charge on any atom is -0.462 e. The van der Waals surface area contributed by atoms with E-state index in [4.69, 9.17) is 4.74 Å². The number of ketones is 1. The predicted octanol–water partition coefficient (Wildman–Crippen LogP) is 0.917. The monoisotopic (exact) mass is 168 g/mol. The molecule has 0 amide bonds. The van der Waals surface area contributed by atoms with E-state index in [9.17, 15) is 9.59 Å². The molecule has 0 radical (unpaired) electrons. The van der Waals surface area contributed by atoms with Crippen LogP contribution in [0.4, 0.5) is 0 Å². The molecule has 0 unspecified atom stereocenters. The normalized spacial score (nSPS) is 38.8. The summed E-state index contributed by atoms with van der Waals surface area (Å²) in [5, 5.41) is 0. The fourth-order valence-electron chi connectivity index (χ4n) is 2.36. The molecular weight excluding hydrogens is 156 g/mol. The Kier molecular flexibility index (Phi) is 1.67. The van der Waals surface area contributed by atoms with Gasteiger partial charge in [0.2, 0.25) is 0 Å². The predicted molar refractivity (Wildman–Crippen MR) is 41.4 cm³/mol. The summed E-state index contributed by atoms with van der Waals surface area (Å²) < 4.78 is 5.06. The van der Waals surface area contributed by atoms with Crippen LogP contribution in [0, 0.1) is 11.8 Å². The molecule has 0 aromatic heterocycles. The fourth-order valence-corrected chi connectivity index (χ4v) is 2.36. The maximum atomic E-state index is 11.4. The van der Waals surface area contributed by atoms with Crippen molar-refractivity contribution >= 4 is 11.8 Å². The minimum absolute atomic E-state index is 0.0268. The summed E-state index contributed by atoms with van der Waals surface area (Å²) in [6, 6.07) is 0. The van der Waals surface area contributed by atoms with E-state index in [1.807, 2.05) is 0 Å². The molecule has 2 fully saturated rings. The Balaban J connectivity index is 2.04. The van der Waals surface area contributed by atoms with Crippen LogP contribution < -0.4 is 0 Å². The van der Waals surface area contributed by atoms with Crippen LogP contribution in [0.1, 0.15) is 26.2 Å². The molecule has 2 bridgehead atoms. The van der Waals surface area contributed by atoms with Crippen LogP contribution in [0.15, 0.2) is 0 Å². The van der Waals surface area contributed by atoms with E-state index in [1.54, 1.807) is 0 Å². The van der Waals surface area contributed by atoms with Crippen LogP contribution in [0.3, 0.4) is 0 Å². The first-order valence-electron chi connectivity index (χ1n) is 4.39. The van der Waals surface area contributed by atoms with Crippen molar-refractivity contribution in [3.8, 4) is 0 Å². The van der Waals surface area contributed by atoms with E-state index < -0.39 is 0 Å². The van der Waals surface area contributed by atoms with Gasteiger partial charge in [0.25, 0.3) is 0 Å². The SMILES string of the molecule is CC(=O)O[C@@H]1C[C@H]2CC[C@H]1C2=O. The van der Waals surface area contributed by atoms with Gasteiger partial charge in [-0.1, -0.05) is 0 Å².